The van der Waals surface area contributed by atoms with E-state index < -0.39 is 25.5 Å². The Morgan fingerprint density at radius 1 is 1.39 bits per heavy atom. The molecule has 1 unspecified atom stereocenters. The zero-order chi connectivity index (χ0) is 13.8. The predicted octanol–water partition coefficient (Wildman–Crippen LogP) is 2.75. The second kappa shape index (κ2) is 6.67. The van der Waals surface area contributed by atoms with Crippen LogP contribution in [0.4, 0.5) is 0 Å². The van der Waals surface area contributed by atoms with Gasteiger partial charge in [0.15, 0.2) is 19.4 Å². The molecule has 1 aliphatic carbocycles. The number of hydrogen-bond donors (Lipinski definition) is 0. The molecular formula is C10H21N3O3SSi. The number of hydrogen-bond acceptors (Lipinski definition) is 4. The molecule has 0 bridgehead atoms. The van der Waals surface area contributed by atoms with Gasteiger partial charge < -0.3 is 4.43 Å². The fourth-order valence-corrected chi connectivity index (χ4v) is 3.88. The molecular weight excluding hydrogens is 270 g/mol. The van der Waals surface area contributed by atoms with Crippen LogP contribution in [0.15, 0.2) is 5.11 Å². The van der Waals surface area contributed by atoms with Gasteiger partial charge in [-0.1, -0.05) is 11.5 Å². The SMILES string of the molecule is CS(=O)O[C@@H]1[C@@H](N=[N+]=[N-])CCC[C@H]1O[Si](C)(C)C. The van der Waals surface area contributed by atoms with E-state index in [1.54, 1.807) is 0 Å². The molecule has 0 aromatic rings. The summed E-state index contributed by atoms with van der Waals surface area (Å²) in [4.78, 5) is 2.85. The molecule has 0 heterocycles. The normalized spacial score (nSPS) is 30.6. The maximum atomic E-state index is 11.3. The van der Waals surface area contributed by atoms with Crippen molar-refractivity contribution in [2.24, 2.45) is 5.11 Å². The fourth-order valence-electron chi connectivity index (χ4n) is 2.16. The van der Waals surface area contributed by atoms with Crippen molar-refractivity contribution in [2.75, 3.05) is 6.26 Å². The summed E-state index contributed by atoms with van der Waals surface area (Å²) in [5.41, 5.74) is 8.58. The van der Waals surface area contributed by atoms with E-state index in [0.717, 1.165) is 19.3 Å². The molecule has 18 heavy (non-hydrogen) atoms. The van der Waals surface area contributed by atoms with Crippen molar-refractivity contribution in [2.45, 2.75) is 57.2 Å². The maximum Gasteiger partial charge on any atom is 0.184 e. The number of nitrogens with zero attached hydrogens (tertiary/aromatic N) is 3. The van der Waals surface area contributed by atoms with E-state index >= 15 is 0 Å². The Kier molecular flexibility index (Phi) is 5.80. The second-order valence-electron chi connectivity index (χ2n) is 5.43. The molecule has 4 atom stereocenters. The van der Waals surface area contributed by atoms with Gasteiger partial charge in [-0.2, -0.15) is 0 Å². The Labute approximate surface area is 111 Å². The van der Waals surface area contributed by atoms with E-state index in [4.69, 9.17) is 14.1 Å². The average molecular weight is 291 g/mol. The zero-order valence-electron chi connectivity index (χ0n) is 11.3. The highest BCUT2D eigenvalue weighted by Gasteiger charge is 2.37. The van der Waals surface area contributed by atoms with Crippen LogP contribution in [0.25, 0.3) is 10.4 Å². The highest BCUT2D eigenvalue weighted by atomic mass is 32.2. The van der Waals surface area contributed by atoms with Crippen molar-refractivity contribution in [3.8, 4) is 0 Å². The fraction of sp³-hybridized carbons (Fsp3) is 1.00. The van der Waals surface area contributed by atoms with Crippen LogP contribution in [-0.4, -0.2) is 37.0 Å². The van der Waals surface area contributed by atoms with Gasteiger partial charge in [0, 0.05) is 11.2 Å². The van der Waals surface area contributed by atoms with Crippen LogP contribution in [-0.2, 0) is 19.7 Å². The van der Waals surface area contributed by atoms with Crippen LogP contribution in [0.5, 0.6) is 0 Å². The van der Waals surface area contributed by atoms with Gasteiger partial charge in [-0.15, -0.1) is 0 Å². The molecule has 1 aliphatic rings. The van der Waals surface area contributed by atoms with Gasteiger partial charge in [0.1, 0.15) is 6.10 Å². The summed E-state index contributed by atoms with van der Waals surface area (Å²) in [7, 11) is -1.70. The molecule has 8 heteroatoms. The van der Waals surface area contributed by atoms with E-state index in [1.807, 2.05) is 0 Å². The van der Waals surface area contributed by atoms with Crippen LogP contribution < -0.4 is 0 Å². The standard InChI is InChI=1S/C10H21N3O3SSi/c1-17(14)15-10-8(12-13-11)6-5-7-9(10)16-18(2,3)4/h8-10H,5-7H2,1-4H3/t8-,9+,10+,17?/m0/s1. The van der Waals surface area contributed by atoms with Crippen LogP contribution in [0.3, 0.4) is 0 Å². The Morgan fingerprint density at radius 2 is 2.06 bits per heavy atom. The van der Waals surface area contributed by atoms with Crippen LogP contribution >= 0.6 is 0 Å². The Hall–Kier alpha value is -0.403. The lowest BCUT2D eigenvalue weighted by atomic mass is 9.91. The third-order valence-electron chi connectivity index (χ3n) is 2.69. The Morgan fingerprint density at radius 3 is 2.56 bits per heavy atom. The van der Waals surface area contributed by atoms with Gasteiger partial charge in [0.25, 0.3) is 0 Å². The molecule has 0 aromatic heterocycles. The molecule has 1 rings (SSSR count). The molecule has 0 amide bonds. The Bertz CT molecular complexity index is 355. The second-order valence-corrected chi connectivity index (χ2v) is 10.9. The van der Waals surface area contributed by atoms with Crippen LogP contribution in [0.2, 0.25) is 19.6 Å². The lowest BCUT2D eigenvalue weighted by Gasteiger charge is -2.38. The summed E-state index contributed by atoms with van der Waals surface area (Å²) in [5.74, 6) is 0. The van der Waals surface area contributed by atoms with Crippen molar-refractivity contribution in [1.82, 2.24) is 0 Å². The molecule has 0 saturated heterocycles. The van der Waals surface area contributed by atoms with Gasteiger partial charge in [-0.25, -0.2) is 4.21 Å². The van der Waals surface area contributed by atoms with E-state index in [1.165, 1.54) is 6.26 Å². The van der Waals surface area contributed by atoms with Gasteiger partial charge >= 0.3 is 0 Å². The van der Waals surface area contributed by atoms with E-state index in [0.29, 0.717) is 0 Å². The summed E-state index contributed by atoms with van der Waals surface area (Å²) in [6, 6.07) is -0.283. The summed E-state index contributed by atoms with van der Waals surface area (Å²) < 4.78 is 22.8. The molecule has 0 spiro atoms. The highest BCUT2D eigenvalue weighted by Crippen LogP contribution is 2.29. The average Bonchev–Trinajstić information content (AvgIpc) is 2.20. The molecule has 104 valence electrons. The minimum atomic E-state index is -1.70. The minimum absolute atomic E-state index is 0.121. The van der Waals surface area contributed by atoms with Crippen molar-refractivity contribution in [3.63, 3.8) is 0 Å². The van der Waals surface area contributed by atoms with Gasteiger partial charge in [-0.3, -0.25) is 4.18 Å². The molecule has 0 radical (unpaired) electrons. The number of azide groups is 1. The zero-order valence-corrected chi connectivity index (χ0v) is 13.1. The first-order valence-corrected chi connectivity index (χ1v) is 10.9. The smallest absolute Gasteiger partial charge is 0.184 e. The first kappa shape index (κ1) is 15.7. The first-order chi connectivity index (χ1) is 8.33. The number of rotatable bonds is 5. The Balaban J connectivity index is 2.84. The lowest BCUT2D eigenvalue weighted by molar-refractivity contribution is 0.0142. The predicted molar refractivity (Wildman–Crippen MR) is 73.9 cm³/mol. The monoisotopic (exact) mass is 291 g/mol. The summed E-state index contributed by atoms with van der Waals surface area (Å²) >= 11 is -1.38. The maximum absolute atomic E-state index is 11.3. The van der Waals surface area contributed by atoms with E-state index in [2.05, 4.69) is 29.7 Å². The molecule has 0 N–H and O–H groups in total. The molecule has 1 saturated carbocycles. The summed E-state index contributed by atoms with van der Waals surface area (Å²) in [6.45, 7) is 6.30. The van der Waals surface area contributed by atoms with Crippen molar-refractivity contribution in [3.05, 3.63) is 10.4 Å². The lowest BCUT2D eigenvalue weighted by Crippen LogP contribution is -2.48. The van der Waals surface area contributed by atoms with Crippen molar-refractivity contribution < 1.29 is 12.8 Å². The van der Waals surface area contributed by atoms with E-state index in [9.17, 15) is 4.21 Å². The minimum Gasteiger partial charge on any atom is -0.412 e. The van der Waals surface area contributed by atoms with Crippen LogP contribution in [0.1, 0.15) is 19.3 Å². The third kappa shape index (κ3) is 5.07. The third-order valence-corrected chi connectivity index (χ3v) is 4.19. The van der Waals surface area contributed by atoms with E-state index in [-0.39, 0.29) is 12.1 Å². The topological polar surface area (TPSA) is 84.3 Å². The quantitative estimate of drug-likeness (QED) is 0.338. The first-order valence-electron chi connectivity index (χ1n) is 6.06. The van der Waals surface area contributed by atoms with Gasteiger partial charge in [0.2, 0.25) is 0 Å². The molecule has 0 aliphatic heterocycles. The van der Waals surface area contributed by atoms with Crippen molar-refractivity contribution >= 4 is 19.4 Å². The molecule has 1 fully saturated rings. The highest BCUT2D eigenvalue weighted by molar-refractivity contribution is 7.79. The van der Waals surface area contributed by atoms with Crippen LogP contribution in [0, 0.1) is 0 Å². The van der Waals surface area contributed by atoms with Gasteiger partial charge in [0.05, 0.1) is 12.1 Å². The van der Waals surface area contributed by atoms with Crippen molar-refractivity contribution in [1.29, 1.82) is 0 Å². The van der Waals surface area contributed by atoms with Gasteiger partial charge in [-0.05, 0) is 38.0 Å². The summed E-state index contributed by atoms with van der Waals surface area (Å²) in [5, 5.41) is 3.75. The molecule has 6 nitrogen and oxygen atoms in total. The molecule has 0 aromatic carbocycles. The largest absolute Gasteiger partial charge is 0.412 e. The summed E-state index contributed by atoms with van der Waals surface area (Å²) in [6.07, 6.45) is 3.53.